The molecule has 0 radical (unpaired) electrons. The predicted octanol–water partition coefficient (Wildman–Crippen LogP) is 4.37. The van der Waals surface area contributed by atoms with Crippen LogP contribution in [0.1, 0.15) is 49.3 Å². The van der Waals surface area contributed by atoms with Gasteiger partial charge in [-0.15, -0.1) is 0 Å². The summed E-state index contributed by atoms with van der Waals surface area (Å²) < 4.78 is 0. The second-order valence-corrected chi connectivity index (χ2v) is 8.10. The van der Waals surface area contributed by atoms with Gasteiger partial charge in [-0.05, 0) is 80.2 Å². The Morgan fingerprint density at radius 2 is 1.88 bits per heavy atom. The van der Waals surface area contributed by atoms with Gasteiger partial charge in [0.05, 0.1) is 5.60 Å². The van der Waals surface area contributed by atoms with Gasteiger partial charge in [0.1, 0.15) is 5.75 Å². The summed E-state index contributed by atoms with van der Waals surface area (Å²) >= 11 is 0. The van der Waals surface area contributed by atoms with Gasteiger partial charge < -0.3 is 10.2 Å². The minimum atomic E-state index is -0.542. The van der Waals surface area contributed by atoms with Crippen molar-refractivity contribution in [1.29, 1.82) is 0 Å². The van der Waals surface area contributed by atoms with Crippen molar-refractivity contribution in [2.75, 3.05) is 0 Å². The van der Waals surface area contributed by atoms with Crippen LogP contribution in [0.3, 0.4) is 0 Å². The second-order valence-electron chi connectivity index (χ2n) is 8.10. The van der Waals surface area contributed by atoms with Crippen LogP contribution in [0.15, 0.2) is 48.5 Å². The van der Waals surface area contributed by atoms with E-state index in [2.05, 4.69) is 36.4 Å². The Kier molecular flexibility index (Phi) is 3.69. The summed E-state index contributed by atoms with van der Waals surface area (Å²) in [6.07, 6.45) is 5.85. The quantitative estimate of drug-likeness (QED) is 0.862. The molecule has 0 saturated heterocycles. The van der Waals surface area contributed by atoms with Gasteiger partial charge in [0, 0.05) is 5.41 Å². The Labute approximate surface area is 144 Å². The molecule has 2 aliphatic rings. The first-order valence-electron chi connectivity index (χ1n) is 9.07. The Balaban J connectivity index is 1.81. The highest BCUT2D eigenvalue weighted by Gasteiger charge is 2.50. The molecule has 4 rings (SSSR count). The largest absolute Gasteiger partial charge is 0.508 e. The molecule has 24 heavy (non-hydrogen) atoms. The lowest BCUT2D eigenvalue weighted by Crippen LogP contribution is -2.50. The van der Waals surface area contributed by atoms with Crippen molar-refractivity contribution in [1.82, 2.24) is 0 Å². The third kappa shape index (κ3) is 2.63. The van der Waals surface area contributed by atoms with Crippen LogP contribution < -0.4 is 0 Å². The number of aryl methyl sites for hydroxylation is 1. The summed E-state index contributed by atoms with van der Waals surface area (Å²) in [5, 5.41) is 20.5. The number of aliphatic hydroxyl groups is 1. The molecule has 3 atom stereocenters. The maximum Gasteiger partial charge on any atom is 0.115 e. The lowest BCUT2D eigenvalue weighted by atomic mass is 9.53. The van der Waals surface area contributed by atoms with E-state index in [0.29, 0.717) is 11.7 Å². The fourth-order valence-electron chi connectivity index (χ4n) is 5.15. The Bertz CT molecular complexity index is 735. The molecule has 0 amide bonds. The van der Waals surface area contributed by atoms with Crippen molar-refractivity contribution in [3.63, 3.8) is 0 Å². The number of hydrogen-bond acceptors (Lipinski definition) is 2. The minimum Gasteiger partial charge on any atom is -0.508 e. The molecule has 0 spiro atoms. The Morgan fingerprint density at radius 1 is 1.08 bits per heavy atom. The molecule has 2 aliphatic carbocycles. The minimum absolute atomic E-state index is 0.0882. The molecular weight excluding hydrogens is 296 g/mol. The zero-order chi connectivity index (χ0) is 16.8. The average Bonchev–Trinajstić information content (AvgIpc) is 2.56. The molecule has 1 saturated carbocycles. The van der Waals surface area contributed by atoms with Crippen molar-refractivity contribution in [3.8, 4) is 5.75 Å². The number of phenolic OH excluding ortho intramolecular Hbond substituents is 1. The summed E-state index contributed by atoms with van der Waals surface area (Å²) in [7, 11) is 0. The van der Waals surface area contributed by atoms with E-state index in [1.807, 2.05) is 19.1 Å². The van der Waals surface area contributed by atoms with Gasteiger partial charge >= 0.3 is 0 Å². The van der Waals surface area contributed by atoms with Crippen LogP contribution in [0, 0.1) is 5.92 Å². The van der Waals surface area contributed by atoms with Crippen molar-refractivity contribution in [2.45, 2.75) is 56.5 Å². The molecular formula is C22H26O2. The average molecular weight is 322 g/mol. The molecule has 1 fully saturated rings. The lowest BCUT2D eigenvalue weighted by molar-refractivity contribution is -0.0367. The fourth-order valence-corrected chi connectivity index (χ4v) is 5.15. The molecule has 0 aliphatic heterocycles. The van der Waals surface area contributed by atoms with E-state index in [1.165, 1.54) is 16.7 Å². The number of benzene rings is 2. The molecule has 0 bridgehead atoms. The summed E-state index contributed by atoms with van der Waals surface area (Å²) in [6, 6.07) is 16.6. The van der Waals surface area contributed by atoms with E-state index in [0.717, 1.165) is 38.5 Å². The first kappa shape index (κ1) is 15.7. The van der Waals surface area contributed by atoms with Gasteiger partial charge in [-0.3, -0.25) is 0 Å². The first-order chi connectivity index (χ1) is 11.5. The van der Waals surface area contributed by atoms with Crippen LogP contribution in [0.4, 0.5) is 0 Å². The van der Waals surface area contributed by atoms with Crippen LogP contribution in [0.25, 0.3) is 0 Å². The van der Waals surface area contributed by atoms with Crippen LogP contribution in [0.2, 0.25) is 0 Å². The van der Waals surface area contributed by atoms with E-state index in [-0.39, 0.29) is 5.41 Å². The molecule has 3 unspecified atom stereocenters. The van der Waals surface area contributed by atoms with Gasteiger partial charge in [0.2, 0.25) is 0 Å². The summed E-state index contributed by atoms with van der Waals surface area (Å²) in [6.45, 7) is 1.99. The molecule has 0 heterocycles. The fraction of sp³-hybridized carbons (Fsp3) is 0.455. The zero-order valence-electron chi connectivity index (χ0n) is 14.3. The number of phenols is 1. The van der Waals surface area contributed by atoms with Gasteiger partial charge in [0.15, 0.2) is 0 Å². The monoisotopic (exact) mass is 322 g/mol. The van der Waals surface area contributed by atoms with Crippen molar-refractivity contribution in [2.24, 2.45) is 5.92 Å². The van der Waals surface area contributed by atoms with E-state index in [9.17, 15) is 10.2 Å². The molecule has 2 nitrogen and oxygen atoms in total. The van der Waals surface area contributed by atoms with Gasteiger partial charge in [0.25, 0.3) is 0 Å². The predicted molar refractivity (Wildman–Crippen MR) is 96.2 cm³/mol. The van der Waals surface area contributed by atoms with Crippen LogP contribution in [0.5, 0.6) is 5.75 Å². The summed E-state index contributed by atoms with van der Waals surface area (Å²) in [4.78, 5) is 0. The number of aromatic hydroxyl groups is 1. The van der Waals surface area contributed by atoms with Crippen molar-refractivity contribution in [3.05, 3.63) is 65.2 Å². The lowest BCUT2D eigenvalue weighted by Gasteiger charge is -2.52. The molecule has 2 aromatic rings. The van der Waals surface area contributed by atoms with Gasteiger partial charge in [-0.2, -0.15) is 0 Å². The third-order valence-electron chi connectivity index (χ3n) is 6.33. The summed E-state index contributed by atoms with van der Waals surface area (Å²) in [5.41, 5.74) is 3.61. The van der Waals surface area contributed by atoms with Crippen molar-refractivity contribution >= 4 is 0 Å². The normalized spacial score (nSPS) is 32.0. The first-order valence-corrected chi connectivity index (χ1v) is 9.07. The van der Waals surface area contributed by atoms with Crippen molar-refractivity contribution < 1.29 is 10.2 Å². The van der Waals surface area contributed by atoms with E-state index >= 15 is 0 Å². The molecule has 126 valence electrons. The number of rotatable bonds is 2. The second kappa shape index (κ2) is 5.63. The van der Waals surface area contributed by atoms with Crippen LogP contribution in [-0.2, 0) is 18.3 Å². The highest BCUT2D eigenvalue weighted by molar-refractivity contribution is 5.44. The Hall–Kier alpha value is -1.80. The molecule has 2 heteroatoms. The number of hydrogen-bond donors (Lipinski definition) is 2. The number of fused-ring (bicyclic) bond motifs is 3. The standard InChI is InChI=1S/C22H26O2/c1-21(24)11-12-22(14-16-5-3-2-4-6-16)18(15-21)8-7-17-13-19(23)9-10-20(17)22/h2-6,9-10,13,18,23-24H,7-8,11-12,14-15H2,1H3. The maximum absolute atomic E-state index is 10.6. The molecule has 2 N–H and O–H groups in total. The highest BCUT2D eigenvalue weighted by atomic mass is 16.3. The van der Waals surface area contributed by atoms with Gasteiger partial charge in [-0.25, -0.2) is 0 Å². The van der Waals surface area contributed by atoms with E-state index in [4.69, 9.17) is 0 Å². The van der Waals surface area contributed by atoms with E-state index < -0.39 is 5.60 Å². The molecule has 2 aromatic carbocycles. The Morgan fingerprint density at radius 3 is 2.67 bits per heavy atom. The highest BCUT2D eigenvalue weighted by Crippen LogP contribution is 2.54. The summed E-state index contributed by atoms with van der Waals surface area (Å²) in [5.74, 6) is 0.864. The van der Waals surface area contributed by atoms with Gasteiger partial charge in [-0.1, -0.05) is 36.4 Å². The smallest absolute Gasteiger partial charge is 0.115 e. The zero-order valence-corrected chi connectivity index (χ0v) is 14.3. The topological polar surface area (TPSA) is 40.5 Å². The third-order valence-corrected chi connectivity index (χ3v) is 6.33. The van der Waals surface area contributed by atoms with Crippen LogP contribution in [-0.4, -0.2) is 15.8 Å². The molecule has 0 aromatic heterocycles. The SMILES string of the molecule is CC1(O)CCC2(Cc3ccccc3)c3ccc(O)cc3CCC2C1. The van der Waals surface area contributed by atoms with Crippen LogP contribution >= 0.6 is 0 Å². The van der Waals surface area contributed by atoms with E-state index in [1.54, 1.807) is 0 Å². The maximum atomic E-state index is 10.6.